The Kier molecular flexibility index (Phi) is 5.61. The molecule has 1 N–H and O–H groups in total. The van der Waals surface area contributed by atoms with Crippen molar-refractivity contribution < 1.29 is 9.53 Å². The fourth-order valence-electron chi connectivity index (χ4n) is 2.89. The lowest BCUT2D eigenvalue weighted by Gasteiger charge is -2.29. The van der Waals surface area contributed by atoms with Gasteiger partial charge < -0.3 is 15.0 Å². The van der Waals surface area contributed by atoms with Gasteiger partial charge in [0.05, 0.1) is 6.04 Å². The Morgan fingerprint density at radius 3 is 2.52 bits per heavy atom. The van der Waals surface area contributed by atoms with Crippen LogP contribution in [0.3, 0.4) is 0 Å². The highest BCUT2D eigenvalue weighted by Crippen LogP contribution is 2.26. The maximum absolute atomic E-state index is 12.3. The average Bonchev–Trinajstić information content (AvgIpc) is 2.89. The SMILES string of the molecule is Cc1cc(NCC2CCCN2C(=O)OC(C)(C)C)cc(C)c1Br. The van der Waals surface area contributed by atoms with Crippen LogP contribution >= 0.6 is 15.9 Å². The number of aryl methyl sites for hydroxylation is 2. The smallest absolute Gasteiger partial charge is 0.410 e. The summed E-state index contributed by atoms with van der Waals surface area (Å²) in [7, 11) is 0. The van der Waals surface area contributed by atoms with Gasteiger partial charge in [0.15, 0.2) is 0 Å². The van der Waals surface area contributed by atoms with E-state index in [1.54, 1.807) is 0 Å². The van der Waals surface area contributed by atoms with Gasteiger partial charge in [-0.25, -0.2) is 4.79 Å². The fourth-order valence-corrected chi connectivity index (χ4v) is 3.12. The Bertz CT molecular complexity index is 558. The summed E-state index contributed by atoms with van der Waals surface area (Å²) in [5.41, 5.74) is 3.07. The molecule has 1 saturated heterocycles. The topological polar surface area (TPSA) is 41.6 Å². The van der Waals surface area contributed by atoms with Gasteiger partial charge in [-0.3, -0.25) is 0 Å². The van der Waals surface area contributed by atoms with Crippen molar-refractivity contribution in [2.75, 3.05) is 18.4 Å². The Balaban J connectivity index is 1.98. The maximum atomic E-state index is 12.3. The van der Waals surface area contributed by atoms with Crippen LogP contribution in [0, 0.1) is 13.8 Å². The number of nitrogens with one attached hydrogen (secondary N) is 1. The molecule has 128 valence electrons. The van der Waals surface area contributed by atoms with Crippen LogP contribution in [0.15, 0.2) is 16.6 Å². The highest BCUT2D eigenvalue weighted by molar-refractivity contribution is 9.10. The summed E-state index contributed by atoms with van der Waals surface area (Å²) in [6, 6.07) is 4.45. The second kappa shape index (κ2) is 7.12. The van der Waals surface area contributed by atoms with Gasteiger partial charge in [0.1, 0.15) is 5.60 Å². The lowest BCUT2D eigenvalue weighted by molar-refractivity contribution is 0.0235. The largest absolute Gasteiger partial charge is 0.444 e. The van der Waals surface area contributed by atoms with Crippen molar-refractivity contribution in [3.8, 4) is 0 Å². The number of nitrogens with zero attached hydrogens (tertiary/aromatic N) is 1. The van der Waals surface area contributed by atoms with Gasteiger partial charge in [0.2, 0.25) is 0 Å². The molecular formula is C18H27BrN2O2. The number of hydrogen-bond acceptors (Lipinski definition) is 3. The maximum Gasteiger partial charge on any atom is 0.410 e. The summed E-state index contributed by atoms with van der Waals surface area (Å²) in [6.07, 6.45) is 1.84. The molecule has 4 nitrogen and oxygen atoms in total. The van der Waals surface area contributed by atoms with E-state index in [2.05, 4.69) is 47.2 Å². The Labute approximate surface area is 147 Å². The van der Waals surface area contributed by atoms with Crippen LogP contribution in [0.5, 0.6) is 0 Å². The summed E-state index contributed by atoms with van der Waals surface area (Å²) in [5.74, 6) is 0. The number of hydrogen-bond donors (Lipinski definition) is 1. The molecule has 1 aliphatic heterocycles. The Morgan fingerprint density at radius 2 is 1.96 bits per heavy atom. The molecule has 0 spiro atoms. The predicted octanol–water partition coefficient (Wildman–Crippen LogP) is 4.88. The van der Waals surface area contributed by atoms with Crippen LogP contribution in [0.25, 0.3) is 0 Å². The monoisotopic (exact) mass is 382 g/mol. The van der Waals surface area contributed by atoms with E-state index in [-0.39, 0.29) is 12.1 Å². The number of rotatable bonds is 3. The summed E-state index contributed by atoms with van der Waals surface area (Å²) in [6.45, 7) is 11.4. The third-order valence-electron chi connectivity index (χ3n) is 3.98. The molecule has 0 bridgehead atoms. The minimum Gasteiger partial charge on any atom is -0.444 e. The first-order chi connectivity index (χ1) is 10.7. The van der Waals surface area contributed by atoms with Crippen molar-refractivity contribution in [1.82, 2.24) is 4.90 Å². The van der Waals surface area contributed by atoms with Gasteiger partial charge in [-0.05, 0) is 70.7 Å². The van der Waals surface area contributed by atoms with Crippen LogP contribution in [0.2, 0.25) is 0 Å². The van der Waals surface area contributed by atoms with Crippen molar-refractivity contribution in [3.05, 3.63) is 27.7 Å². The second-order valence-electron chi connectivity index (χ2n) is 7.27. The molecule has 1 fully saturated rings. The molecule has 2 rings (SSSR count). The van der Waals surface area contributed by atoms with Crippen molar-refractivity contribution in [1.29, 1.82) is 0 Å². The van der Waals surface area contributed by atoms with Crippen molar-refractivity contribution >= 4 is 27.7 Å². The lowest BCUT2D eigenvalue weighted by atomic mass is 10.1. The molecular weight excluding hydrogens is 356 g/mol. The molecule has 1 atom stereocenters. The first kappa shape index (κ1) is 18.1. The average molecular weight is 383 g/mol. The quantitative estimate of drug-likeness (QED) is 0.809. The first-order valence-electron chi connectivity index (χ1n) is 8.17. The van der Waals surface area contributed by atoms with Gasteiger partial charge in [-0.15, -0.1) is 0 Å². The number of likely N-dealkylation sites (tertiary alicyclic amines) is 1. The normalized spacial score (nSPS) is 18.2. The molecule has 0 radical (unpaired) electrons. The number of anilines is 1. The molecule has 0 aliphatic carbocycles. The molecule has 23 heavy (non-hydrogen) atoms. The minimum atomic E-state index is -0.447. The number of ether oxygens (including phenoxy) is 1. The third-order valence-corrected chi connectivity index (χ3v) is 5.23. The van der Waals surface area contributed by atoms with Crippen LogP contribution < -0.4 is 5.32 Å². The van der Waals surface area contributed by atoms with E-state index < -0.39 is 5.60 Å². The molecule has 5 heteroatoms. The van der Waals surface area contributed by atoms with E-state index >= 15 is 0 Å². The molecule has 0 aromatic heterocycles. The van der Waals surface area contributed by atoms with Crippen LogP contribution in [-0.2, 0) is 4.74 Å². The number of halogens is 1. The molecule has 1 aromatic rings. The van der Waals surface area contributed by atoms with Gasteiger partial charge in [0, 0.05) is 23.2 Å². The number of benzene rings is 1. The van der Waals surface area contributed by atoms with E-state index in [0.717, 1.165) is 36.1 Å². The highest BCUT2D eigenvalue weighted by atomic mass is 79.9. The summed E-state index contributed by atoms with van der Waals surface area (Å²) in [4.78, 5) is 14.2. The Hall–Kier alpha value is -1.23. The number of carbonyl (C=O) groups is 1. The van der Waals surface area contributed by atoms with Gasteiger partial charge >= 0.3 is 6.09 Å². The number of amides is 1. The van der Waals surface area contributed by atoms with Gasteiger partial charge in [-0.1, -0.05) is 15.9 Å². The highest BCUT2D eigenvalue weighted by Gasteiger charge is 2.31. The zero-order chi connectivity index (χ0) is 17.2. The van der Waals surface area contributed by atoms with Gasteiger partial charge in [-0.2, -0.15) is 0 Å². The molecule has 0 saturated carbocycles. The molecule has 1 unspecified atom stereocenters. The zero-order valence-electron chi connectivity index (χ0n) is 14.7. The zero-order valence-corrected chi connectivity index (χ0v) is 16.3. The molecule has 1 aliphatic rings. The van der Waals surface area contributed by atoms with Crippen molar-refractivity contribution in [2.24, 2.45) is 0 Å². The lowest BCUT2D eigenvalue weighted by Crippen LogP contribution is -2.42. The number of carbonyl (C=O) groups excluding carboxylic acids is 1. The van der Waals surface area contributed by atoms with Crippen LogP contribution in [0.4, 0.5) is 10.5 Å². The summed E-state index contributed by atoms with van der Waals surface area (Å²) >= 11 is 3.59. The van der Waals surface area contributed by atoms with Crippen molar-refractivity contribution in [2.45, 2.75) is 59.1 Å². The van der Waals surface area contributed by atoms with Crippen LogP contribution in [0.1, 0.15) is 44.7 Å². The van der Waals surface area contributed by atoms with Crippen LogP contribution in [-0.4, -0.2) is 35.7 Å². The Morgan fingerprint density at radius 1 is 1.35 bits per heavy atom. The minimum absolute atomic E-state index is 0.189. The van der Waals surface area contributed by atoms with E-state index in [0.29, 0.717) is 0 Å². The van der Waals surface area contributed by atoms with E-state index in [4.69, 9.17) is 4.74 Å². The predicted molar refractivity (Wildman–Crippen MR) is 98.1 cm³/mol. The summed E-state index contributed by atoms with van der Waals surface area (Å²) < 4.78 is 6.66. The summed E-state index contributed by atoms with van der Waals surface area (Å²) in [5, 5.41) is 3.47. The van der Waals surface area contributed by atoms with E-state index in [1.807, 2.05) is 25.7 Å². The van der Waals surface area contributed by atoms with Crippen molar-refractivity contribution in [3.63, 3.8) is 0 Å². The third kappa shape index (κ3) is 4.87. The molecule has 1 aromatic carbocycles. The van der Waals surface area contributed by atoms with Gasteiger partial charge in [0.25, 0.3) is 0 Å². The fraction of sp³-hybridized carbons (Fsp3) is 0.611. The first-order valence-corrected chi connectivity index (χ1v) is 8.97. The molecule has 1 heterocycles. The standard InChI is InChI=1S/C18H27BrN2O2/c1-12-9-14(10-13(2)16(12)19)20-11-15-7-6-8-21(15)17(22)23-18(3,4)5/h9-10,15,20H,6-8,11H2,1-5H3. The van der Waals surface area contributed by atoms with E-state index in [9.17, 15) is 4.79 Å². The van der Waals surface area contributed by atoms with E-state index in [1.165, 1.54) is 11.1 Å². The molecule has 1 amide bonds. The second-order valence-corrected chi connectivity index (χ2v) is 8.07.